The van der Waals surface area contributed by atoms with Crippen LogP contribution in [-0.2, 0) is 19.1 Å². The molecule has 162 valence electrons. The minimum atomic E-state index is -0.288. The predicted molar refractivity (Wildman–Crippen MR) is 115 cm³/mol. The Morgan fingerprint density at radius 3 is 2.73 bits per heavy atom. The van der Waals surface area contributed by atoms with Crippen LogP contribution in [0.5, 0.6) is 0 Å². The summed E-state index contributed by atoms with van der Waals surface area (Å²) in [5, 5.41) is 0. The molecule has 0 amide bonds. The van der Waals surface area contributed by atoms with E-state index in [1.807, 2.05) is 13.0 Å². The Kier molecular flexibility index (Phi) is 5.63. The first kappa shape index (κ1) is 21.3. The SMILES string of the molecule is CCCCC(=O)O/C(C=O)=C1/CC[C@H]2[C@@H]3CCC4=CC(=O)C=C[C@]4(C)[C@H]3CC[C@]12C. The van der Waals surface area contributed by atoms with Crippen LogP contribution in [0.3, 0.4) is 0 Å². The van der Waals surface area contributed by atoms with Crippen LogP contribution in [0, 0.1) is 28.6 Å². The minimum absolute atomic E-state index is 0.0231. The van der Waals surface area contributed by atoms with Crippen LogP contribution in [-0.4, -0.2) is 18.0 Å². The summed E-state index contributed by atoms with van der Waals surface area (Å²) in [6, 6.07) is 0. The zero-order chi connectivity index (χ0) is 21.5. The number of unbranched alkanes of at least 4 members (excludes halogenated alkanes) is 1. The van der Waals surface area contributed by atoms with Crippen molar-refractivity contribution in [2.75, 3.05) is 0 Å². The van der Waals surface area contributed by atoms with Crippen molar-refractivity contribution in [3.63, 3.8) is 0 Å². The fourth-order valence-corrected chi connectivity index (χ4v) is 7.07. The minimum Gasteiger partial charge on any atom is -0.423 e. The molecule has 0 aromatic carbocycles. The summed E-state index contributed by atoms with van der Waals surface area (Å²) in [5.74, 6) is 1.72. The molecule has 4 nitrogen and oxygen atoms in total. The molecule has 5 atom stereocenters. The van der Waals surface area contributed by atoms with E-state index in [9.17, 15) is 14.4 Å². The first-order valence-electron chi connectivity index (χ1n) is 11.7. The van der Waals surface area contributed by atoms with E-state index in [2.05, 4.69) is 19.9 Å². The highest BCUT2D eigenvalue weighted by atomic mass is 16.5. The van der Waals surface area contributed by atoms with Crippen LogP contribution in [0.25, 0.3) is 0 Å². The maximum atomic E-state index is 12.2. The van der Waals surface area contributed by atoms with Crippen molar-refractivity contribution >= 4 is 18.0 Å². The van der Waals surface area contributed by atoms with Crippen molar-refractivity contribution in [2.45, 2.75) is 78.6 Å². The van der Waals surface area contributed by atoms with Crippen molar-refractivity contribution in [3.8, 4) is 0 Å². The number of fused-ring (bicyclic) bond motifs is 5. The fraction of sp³-hybridized carbons (Fsp3) is 0.654. The number of ketones is 1. The summed E-state index contributed by atoms with van der Waals surface area (Å²) in [4.78, 5) is 36.0. The molecule has 30 heavy (non-hydrogen) atoms. The van der Waals surface area contributed by atoms with Gasteiger partial charge in [-0.2, -0.15) is 0 Å². The van der Waals surface area contributed by atoms with Crippen molar-refractivity contribution in [2.24, 2.45) is 28.6 Å². The second-order valence-electron chi connectivity index (χ2n) is 10.1. The normalized spacial score (nSPS) is 38.8. The summed E-state index contributed by atoms with van der Waals surface area (Å²) < 4.78 is 5.57. The van der Waals surface area contributed by atoms with Crippen molar-refractivity contribution < 1.29 is 19.1 Å². The number of rotatable bonds is 5. The zero-order valence-corrected chi connectivity index (χ0v) is 18.5. The van der Waals surface area contributed by atoms with E-state index in [-0.39, 0.29) is 28.3 Å². The Balaban J connectivity index is 1.60. The lowest BCUT2D eigenvalue weighted by Gasteiger charge is -2.56. The number of hydrogen-bond acceptors (Lipinski definition) is 4. The van der Waals surface area contributed by atoms with E-state index < -0.39 is 0 Å². The predicted octanol–water partition coefficient (Wildman–Crippen LogP) is 5.48. The molecular weight excluding hydrogens is 376 g/mol. The Labute approximate surface area is 179 Å². The number of carbonyl (C=O) groups is 3. The van der Waals surface area contributed by atoms with Gasteiger partial charge in [-0.05, 0) is 85.8 Å². The number of esters is 1. The number of allylic oxidation sites excluding steroid dienone is 6. The largest absolute Gasteiger partial charge is 0.423 e. The second-order valence-corrected chi connectivity index (χ2v) is 10.1. The molecule has 4 heteroatoms. The Morgan fingerprint density at radius 1 is 1.20 bits per heavy atom. The Bertz CT molecular complexity index is 847. The molecule has 0 bridgehead atoms. The van der Waals surface area contributed by atoms with Crippen LogP contribution in [0.15, 0.2) is 35.1 Å². The molecule has 0 aromatic heterocycles. The summed E-state index contributed by atoms with van der Waals surface area (Å²) in [7, 11) is 0. The van der Waals surface area contributed by atoms with Crippen molar-refractivity contribution in [1.29, 1.82) is 0 Å². The van der Waals surface area contributed by atoms with Crippen LogP contribution >= 0.6 is 0 Å². The number of ether oxygens (including phenoxy) is 1. The molecule has 4 aliphatic carbocycles. The van der Waals surface area contributed by atoms with Gasteiger partial charge in [0, 0.05) is 11.8 Å². The summed E-state index contributed by atoms with van der Waals surface area (Å²) >= 11 is 0. The van der Waals surface area contributed by atoms with Crippen LogP contribution in [0.1, 0.15) is 78.6 Å². The highest BCUT2D eigenvalue weighted by Gasteiger charge is 2.57. The second kappa shape index (κ2) is 7.94. The van der Waals surface area contributed by atoms with Crippen molar-refractivity contribution in [1.82, 2.24) is 0 Å². The van der Waals surface area contributed by atoms with Gasteiger partial charge in [-0.1, -0.05) is 38.8 Å². The third-order valence-corrected chi connectivity index (χ3v) is 8.70. The quantitative estimate of drug-likeness (QED) is 0.261. The number of hydrogen-bond donors (Lipinski definition) is 0. The average Bonchev–Trinajstić information content (AvgIpc) is 3.08. The van der Waals surface area contributed by atoms with Gasteiger partial charge >= 0.3 is 5.97 Å². The first-order valence-corrected chi connectivity index (χ1v) is 11.7. The molecule has 0 radical (unpaired) electrons. The third-order valence-electron chi connectivity index (χ3n) is 8.70. The zero-order valence-electron chi connectivity index (χ0n) is 18.5. The average molecular weight is 411 g/mol. The van der Waals surface area contributed by atoms with Gasteiger partial charge in [-0.15, -0.1) is 0 Å². The monoisotopic (exact) mass is 410 g/mol. The maximum absolute atomic E-state index is 12.2. The topological polar surface area (TPSA) is 60.4 Å². The van der Waals surface area contributed by atoms with E-state index >= 15 is 0 Å². The van der Waals surface area contributed by atoms with Gasteiger partial charge in [0.2, 0.25) is 0 Å². The molecule has 4 rings (SSSR count). The van der Waals surface area contributed by atoms with Gasteiger partial charge in [0.15, 0.2) is 17.8 Å². The molecule has 0 saturated heterocycles. The molecule has 4 aliphatic rings. The lowest BCUT2D eigenvalue weighted by Crippen LogP contribution is -2.48. The van der Waals surface area contributed by atoms with Crippen LogP contribution < -0.4 is 0 Å². The summed E-state index contributed by atoms with van der Waals surface area (Å²) in [5.41, 5.74) is 2.26. The standard InChI is InChI=1S/C26H34O4/c1-4-5-6-24(29)30-23(16-27)22-10-9-20-19-8-7-17-15-18(28)11-13-25(17,2)21(19)12-14-26(20,22)3/h11,13,15-16,19-21H,4-10,12,14H2,1-3H3/b23-22-/t19-,20-,21-,25-,26-/m0/s1. The van der Waals surface area contributed by atoms with Gasteiger partial charge in [0.25, 0.3) is 0 Å². The summed E-state index contributed by atoms with van der Waals surface area (Å²) in [6.45, 7) is 6.63. The molecule has 0 heterocycles. The van der Waals surface area contributed by atoms with Crippen molar-refractivity contribution in [3.05, 3.63) is 35.1 Å². The molecule has 3 fully saturated rings. The van der Waals surface area contributed by atoms with E-state index in [0.717, 1.165) is 63.2 Å². The van der Waals surface area contributed by atoms with Crippen LogP contribution in [0.2, 0.25) is 0 Å². The lowest BCUT2D eigenvalue weighted by molar-refractivity contribution is -0.141. The van der Waals surface area contributed by atoms with E-state index in [1.54, 1.807) is 6.08 Å². The molecule has 0 spiro atoms. The van der Waals surface area contributed by atoms with Crippen LogP contribution in [0.4, 0.5) is 0 Å². The highest BCUT2D eigenvalue weighted by molar-refractivity contribution is 6.01. The van der Waals surface area contributed by atoms with Gasteiger partial charge in [-0.3, -0.25) is 14.4 Å². The van der Waals surface area contributed by atoms with Gasteiger partial charge in [0.1, 0.15) is 0 Å². The molecule has 0 unspecified atom stereocenters. The number of aldehydes is 1. The number of carbonyl (C=O) groups excluding carboxylic acids is 3. The summed E-state index contributed by atoms with van der Waals surface area (Å²) in [6.07, 6.45) is 14.7. The van der Waals surface area contributed by atoms with E-state index in [0.29, 0.717) is 24.2 Å². The molecular formula is C26H34O4. The van der Waals surface area contributed by atoms with E-state index in [1.165, 1.54) is 5.57 Å². The fourth-order valence-electron chi connectivity index (χ4n) is 7.07. The first-order chi connectivity index (χ1) is 14.3. The maximum Gasteiger partial charge on any atom is 0.311 e. The van der Waals surface area contributed by atoms with Gasteiger partial charge in [0.05, 0.1) is 0 Å². The smallest absolute Gasteiger partial charge is 0.311 e. The van der Waals surface area contributed by atoms with E-state index in [4.69, 9.17) is 4.74 Å². The third kappa shape index (κ3) is 3.33. The molecule has 3 saturated carbocycles. The van der Waals surface area contributed by atoms with Gasteiger partial charge < -0.3 is 4.74 Å². The molecule has 0 aliphatic heterocycles. The lowest BCUT2D eigenvalue weighted by atomic mass is 9.48. The highest BCUT2D eigenvalue weighted by Crippen LogP contribution is 2.66. The van der Waals surface area contributed by atoms with Gasteiger partial charge in [-0.25, -0.2) is 0 Å². The molecule has 0 aromatic rings. The Morgan fingerprint density at radius 2 is 2.00 bits per heavy atom. The Hall–Kier alpha value is -1.97. The molecule has 0 N–H and O–H groups in total.